The van der Waals surface area contributed by atoms with E-state index in [1.165, 1.54) is 12.1 Å². The molecule has 1 N–H and O–H groups in total. The summed E-state index contributed by atoms with van der Waals surface area (Å²) in [5.74, 6) is 0.258. The molecule has 1 amide bonds. The van der Waals surface area contributed by atoms with Crippen molar-refractivity contribution in [2.45, 2.75) is 26.1 Å². The van der Waals surface area contributed by atoms with Crippen molar-refractivity contribution < 1.29 is 27.4 Å². The number of carbonyl (C=O) groups excluding carboxylic acids is 1. The van der Waals surface area contributed by atoms with Gasteiger partial charge in [0.2, 0.25) is 0 Å². The Morgan fingerprint density at radius 1 is 1.10 bits per heavy atom. The number of nitrogens with zero attached hydrogens (tertiary/aromatic N) is 2. The Kier molecular flexibility index (Phi) is 5.34. The fourth-order valence-corrected chi connectivity index (χ4v) is 3.36. The first-order valence-electron chi connectivity index (χ1n) is 9.66. The Morgan fingerprint density at radius 2 is 1.77 bits per heavy atom. The van der Waals surface area contributed by atoms with Crippen LogP contribution >= 0.6 is 0 Å². The fourth-order valence-electron chi connectivity index (χ4n) is 3.36. The van der Waals surface area contributed by atoms with Gasteiger partial charge >= 0.3 is 6.18 Å². The molecule has 0 spiro atoms. The van der Waals surface area contributed by atoms with Gasteiger partial charge in [0, 0.05) is 0 Å². The smallest absolute Gasteiger partial charge is 0.434 e. The summed E-state index contributed by atoms with van der Waals surface area (Å²) in [7, 11) is 0. The molecule has 1 aliphatic rings. The van der Waals surface area contributed by atoms with E-state index in [1.54, 1.807) is 37.3 Å². The van der Waals surface area contributed by atoms with Gasteiger partial charge in [-0.2, -0.15) is 18.3 Å². The summed E-state index contributed by atoms with van der Waals surface area (Å²) in [6, 6.07) is 11.0. The van der Waals surface area contributed by atoms with Crippen LogP contribution in [0.5, 0.6) is 11.5 Å². The van der Waals surface area contributed by atoms with E-state index in [9.17, 15) is 18.0 Å². The second kappa shape index (κ2) is 7.98. The zero-order valence-corrected chi connectivity index (χ0v) is 16.9. The lowest BCUT2D eigenvalue weighted by Gasteiger charge is -2.21. The topological polar surface area (TPSA) is 65.4 Å². The number of aromatic nitrogens is 2. The quantitative estimate of drug-likeness (QED) is 0.663. The van der Waals surface area contributed by atoms with E-state index in [-0.39, 0.29) is 5.69 Å². The number of fused-ring (bicyclic) bond motifs is 1. The Morgan fingerprint density at radius 3 is 2.45 bits per heavy atom. The number of hydrogen-bond donors (Lipinski definition) is 1. The third kappa shape index (κ3) is 4.21. The normalized spacial score (nSPS) is 14.2. The predicted molar refractivity (Wildman–Crippen MR) is 107 cm³/mol. The molecule has 162 valence electrons. The average molecular weight is 431 g/mol. The van der Waals surface area contributed by atoms with E-state index in [1.807, 2.05) is 6.92 Å². The van der Waals surface area contributed by atoms with Gasteiger partial charge in [-0.05, 0) is 43.7 Å². The molecule has 1 aliphatic heterocycles. The molecule has 1 aromatic heterocycles. The first kappa shape index (κ1) is 20.8. The van der Waals surface area contributed by atoms with Crippen molar-refractivity contribution in [3.05, 3.63) is 71.0 Å². The molecule has 2 heterocycles. The number of nitrogens with one attached hydrogen (secondary N) is 1. The number of ether oxygens (including phenoxy) is 2. The summed E-state index contributed by atoms with van der Waals surface area (Å²) in [4.78, 5) is 12.8. The van der Waals surface area contributed by atoms with Crippen LogP contribution in [0.25, 0.3) is 5.69 Å². The Balaban J connectivity index is 1.62. The summed E-state index contributed by atoms with van der Waals surface area (Å²) in [5.41, 5.74) is 0.130. The third-order valence-electron chi connectivity index (χ3n) is 4.97. The molecular weight excluding hydrogens is 411 g/mol. The third-order valence-corrected chi connectivity index (χ3v) is 4.97. The van der Waals surface area contributed by atoms with Crippen LogP contribution in [0.3, 0.4) is 0 Å². The monoisotopic (exact) mass is 431 g/mol. The van der Waals surface area contributed by atoms with E-state index >= 15 is 0 Å². The second-order valence-corrected chi connectivity index (χ2v) is 7.25. The van der Waals surface area contributed by atoms with Crippen LogP contribution in [-0.2, 0) is 6.18 Å². The summed E-state index contributed by atoms with van der Waals surface area (Å²) < 4.78 is 53.3. The van der Waals surface area contributed by atoms with Gasteiger partial charge in [-0.15, -0.1) is 0 Å². The number of benzene rings is 2. The van der Waals surface area contributed by atoms with Crippen molar-refractivity contribution >= 4 is 5.91 Å². The lowest BCUT2D eigenvalue weighted by molar-refractivity contribution is -0.143. The van der Waals surface area contributed by atoms with Gasteiger partial charge in [-0.1, -0.05) is 23.8 Å². The molecule has 1 atom stereocenters. The minimum absolute atomic E-state index is 0.219. The molecule has 1 unspecified atom stereocenters. The Hall–Kier alpha value is -3.49. The van der Waals surface area contributed by atoms with Gasteiger partial charge in [0.15, 0.2) is 17.2 Å². The van der Waals surface area contributed by atoms with E-state index < -0.39 is 29.4 Å². The molecule has 31 heavy (non-hydrogen) atoms. The second-order valence-electron chi connectivity index (χ2n) is 7.25. The molecule has 9 heteroatoms. The first-order chi connectivity index (χ1) is 14.7. The minimum atomic E-state index is -4.77. The number of hydrogen-bond acceptors (Lipinski definition) is 4. The molecule has 0 bridgehead atoms. The first-order valence-corrected chi connectivity index (χ1v) is 9.66. The van der Waals surface area contributed by atoms with Crippen LogP contribution < -0.4 is 14.8 Å². The SMILES string of the molecule is Cc1ccc(-n2ncc(C(=O)NC(C)c3ccc4c(c3)OCCO4)c2C(F)(F)F)cc1. The van der Waals surface area contributed by atoms with Crippen molar-refractivity contribution in [3.63, 3.8) is 0 Å². The molecule has 6 nitrogen and oxygen atoms in total. The highest BCUT2D eigenvalue weighted by Crippen LogP contribution is 2.35. The van der Waals surface area contributed by atoms with Crippen LogP contribution in [-0.4, -0.2) is 28.9 Å². The van der Waals surface area contributed by atoms with Gasteiger partial charge in [0.1, 0.15) is 13.2 Å². The lowest BCUT2D eigenvalue weighted by Crippen LogP contribution is -2.29. The maximum atomic E-state index is 13.8. The number of amides is 1. The molecule has 4 rings (SSSR count). The van der Waals surface area contributed by atoms with E-state index in [2.05, 4.69) is 10.4 Å². The molecule has 3 aromatic rings. The highest BCUT2D eigenvalue weighted by atomic mass is 19.4. The van der Waals surface area contributed by atoms with E-state index in [0.717, 1.165) is 16.4 Å². The summed E-state index contributed by atoms with van der Waals surface area (Å²) in [6.45, 7) is 4.37. The van der Waals surface area contributed by atoms with Gasteiger partial charge in [0.05, 0.1) is 23.5 Å². The van der Waals surface area contributed by atoms with Gasteiger partial charge in [-0.3, -0.25) is 4.79 Å². The highest BCUT2D eigenvalue weighted by Gasteiger charge is 2.40. The van der Waals surface area contributed by atoms with Gasteiger partial charge in [0.25, 0.3) is 5.91 Å². The Bertz CT molecular complexity index is 1110. The fraction of sp³-hybridized carbons (Fsp3) is 0.273. The number of rotatable bonds is 4. The van der Waals surface area contributed by atoms with Crippen molar-refractivity contribution in [3.8, 4) is 17.2 Å². The maximum absolute atomic E-state index is 13.8. The largest absolute Gasteiger partial charge is 0.486 e. The molecule has 0 saturated carbocycles. The minimum Gasteiger partial charge on any atom is -0.486 e. The van der Waals surface area contributed by atoms with E-state index in [0.29, 0.717) is 30.3 Å². The van der Waals surface area contributed by atoms with Crippen LogP contribution in [0.2, 0.25) is 0 Å². The maximum Gasteiger partial charge on any atom is 0.434 e. The van der Waals surface area contributed by atoms with Crippen LogP contribution in [0.15, 0.2) is 48.7 Å². The van der Waals surface area contributed by atoms with Crippen molar-refractivity contribution in [1.29, 1.82) is 0 Å². The standard InChI is InChI=1S/C22H20F3N3O3/c1-13-3-6-16(7-4-13)28-20(22(23,24)25)17(12-26-28)21(29)27-14(2)15-5-8-18-19(11-15)31-10-9-30-18/h3-8,11-12,14H,9-10H2,1-2H3,(H,27,29). The number of halogens is 3. The molecule has 0 saturated heterocycles. The number of carbonyl (C=O) groups is 1. The molecule has 2 aromatic carbocycles. The average Bonchev–Trinajstić information content (AvgIpc) is 3.20. The number of aryl methyl sites for hydroxylation is 1. The summed E-state index contributed by atoms with van der Waals surface area (Å²) in [6.07, 6.45) is -3.83. The molecule has 0 aliphatic carbocycles. The summed E-state index contributed by atoms with van der Waals surface area (Å²) >= 11 is 0. The van der Waals surface area contributed by atoms with Crippen LogP contribution in [0.1, 0.15) is 40.1 Å². The zero-order valence-electron chi connectivity index (χ0n) is 16.9. The predicted octanol–water partition coefficient (Wildman–Crippen LogP) is 4.46. The molecule has 0 fully saturated rings. The van der Waals surface area contributed by atoms with Crippen LogP contribution in [0.4, 0.5) is 13.2 Å². The highest BCUT2D eigenvalue weighted by molar-refractivity contribution is 5.95. The number of alkyl halides is 3. The molecular formula is C22H20F3N3O3. The van der Waals surface area contributed by atoms with Crippen molar-refractivity contribution in [2.75, 3.05) is 13.2 Å². The Labute approximate surface area is 176 Å². The lowest BCUT2D eigenvalue weighted by atomic mass is 10.1. The van der Waals surface area contributed by atoms with Crippen molar-refractivity contribution in [2.24, 2.45) is 0 Å². The van der Waals surface area contributed by atoms with Gasteiger partial charge in [-0.25, -0.2) is 4.68 Å². The molecule has 0 radical (unpaired) electrons. The summed E-state index contributed by atoms with van der Waals surface area (Å²) in [5, 5.41) is 6.46. The van der Waals surface area contributed by atoms with Gasteiger partial charge < -0.3 is 14.8 Å². The zero-order chi connectivity index (χ0) is 22.2. The van der Waals surface area contributed by atoms with Crippen molar-refractivity contribution in [1.82, 2.24) is 15.1 Å². The van der Waals surface area contributed by atoms with E-state index in [4.69, 9.17) is 9.47 Å². The van der Waals surface area contributed by atoms with Crippen LogP contribution in [0, 0.1) is 6.92 Å².